The molecule has 0 radical (unpaired) electrons. The molecule has 1 N–H and O–H groups in total. The number of carbonyl (C=O) groups excluding carboxylic acids is 1. The van der Waals surface area contributed by atoms with E-state index in [1.165, 1.54) is 29.7 Å². The highest BCUT2D eigenvalue weighted by atomic mass is 16.4. The Bertz CT molecular complexity index is 1200. The van der Waals surface area contributed by atoms with E-state index in [4.69, 9.17) is 4.42 Å². The third-order valence-corrected chi connectivity index (χ3v) is 6.76. The van der Waals surface area contributed by atoms with Crippen molar-refractivity contribution in [2.24, 2.45) is 0 Å². The van der Waals surface area contributed by atoms with Crippen LogP contribution in [-0.2, 0) is 6.42 Å². The fourth-order valence-electron chi connectivity index (χ4n) is 5.03. The maximum atomic E-state index is 12.9. The zero-order chi connectivity index (χ0) is 22.1. The lowest BCUT2D eigenvalue weighted by molar-refractivity contribution is 0.0934. The van der Waals surface area contributed by atoms with Gasteiger partial charge >= 0.3 is 5.63 Å². The maximum Gasteiger partial charge on any atom is 0.349 e. The van der Waals surface area contributed by atoms with E-state index in [0.717, 1.165) is 37.9 Å². The van der Waals surface area contributed by atoms with E-state index in [9.17, 15) is 9.59 Å². The molecule has 2 aromatic carbocycles. The number of carbonyl (C=O) groups is 1. The summed E-state index contributed by atoms with van der Waals surface area (Å²) in [6.45, 7) is 3.59. The monoisotopic (exact) mass is 431 g/mol. The minimum atomic E-state index is -0.601. The second kappa shape index (κ2) is 8.79. The van der Waals surface area contributed by atoms with Crippen LogP contribution in [0, 0.1) is 0 Å². The summed E-state index contributed by atoms with van der Waals surface area (Å²) in [4.78, 5) is 30.1. The van der Waals surface area contributed by atoms with Crippen molar-refractivity contribution < 1.29 is 9.21 Å². The van der Waals surface area contributed by atoms with Gasteiger partial charge in [0, 0.05) is 31.2 Å². The van der Waals surface area contributed by atoms with Gasteiger partial charge in [0.2, 0.25) is 0 Å². The van der Waals surface area contributed by atoms with E-state index in [1.807, 2.05) is 18.2 Å². The quantitative estimate of drug-likeness (QED) is 0.624. The largest absolute Gasteiger partial charge is 0.422 e. The first-order valence-electron chi connectivity index (χ1n) is 11.5. The Balaban J connectivity index is 1.39. The highest BCUT2D eigenvalue weighted by molar-refractivity contribution is 5.96. The Morgan fingerprint density at radius 2 is 1.88 bits per heavy atom. The molecule has 1 aromatic heterocycles. The summed E-state index contributed by atoms with van der Waals surface area (Å²) in [5.41, 5.74) is 3.85. The lowest BCUT2D eigenvalue weighted by atomic mass is 9.96. The molecule has 5 rings (SSSR count). The average Bonchev–Trinajstić information content (AvgIpc) is 3.33. The molecule has 1 amide bonds. The van der Waals surface area contributed by atoms with E-state index in [-0.39, 0.29) is 17.5 Å². The van der Waals surface area contributed by atoms with Crippen molar-refractivity contribution in [3.8, 4) is 0 Å². The van der Waals surface area contributed by atoms with Gasteiger partial charge in [-0.15, -0.1) is 0 Å². The Morgan fingerprint density at radius 3 is 2.72 bits per heavy atom. The van der Waals surface area contributed by atoms with Gasteiger partial charge in [-0.1, -0.05) is 30.3 Å². The number of likely N-dealkylation sites (tertiary alicyclic amines) is 1. The van der Waals surface area contributed by atoms with Crippen molar-refractivity contribution in [1.82, 2.24) is 10.2 Å². The zero-order valence-electron chi connectivity index (χ0n) is 18.5. The van der Waals surface area contributed by atoms with Crippen molar-refractivity contribution in [3.05, 3.63) is 75.6 Å². The first-order chi connectivity index (χ1) is 15.6. The minimum absolute atomic E-state index is 0.0518. The van der Waals surface area contributed by atoms with Crippen LogP contribution in [0.2, 0.25) is 0 Å². The lowest BCUT2D eigenvalue weighted by Gasteiger charge is -2.31. The molecule has 1 atom stereocenters. The van der Waals surface area contributed by atoms with Gasteiger partial charge in [0.15, 0.2) is 0 Å². The van der Waals surface area contributed by atoms with Crippen LogP contribution in [0.4, 0.5) is 5.69 Å². The second-order valence-electron chi connectivity index (χ2n) is 8.87. The summed E-state index contributed by atoms with van der Waals surface area (Å²) < 4.78 is 5.35. The first kappa shape index (κ1) is 20.8. The summed E-state index contributed by atoms with van der Waals surface area (Å²) >= 11 is 0. The minimum Gasteiger partial charge on any atom is -0.422 e. The Kier molecular flexibility index (Phi) is 5.70. The molecule has 2 aliphatic heterocycles. The number of amides is 1. The molecule has 0 spiro atoms. The van der Waals surface area contributed by atoms with Gasteiger partial charge in [-0.3, -0.25) is 9.69 Å². The van der Waals surface area contributed by atoms with Gasteiger partial charge in [0.1, 0.15) is 11.1 Å². The summed E-state index contributed by atoms with van der Waals surface area (Å²) in [6.07, 6.45) is 4.60. The average molecular weight is 432 g/mol. The third kappa shape index (κ3) is 4.02. The number of nitrogens with one attached hydrogen (secondary N) is 1. The number of aryl methyl sites for hydroxylation is 1. The van der Waals surface area contributed by atoms with Crippen LogP contribution in [-0.4, -0.2) is 44.0 Å². The molecule has 0 bridgehead atoms. The highest BCUT2D eigenvalue weighted by Crippen LogP contribution is 2.32. The zero-order valence-corrected chi connectivity index (χ0v) is 18.5. The van der Waals surface area contributed by atoms with Gasteiger partial charge < -0.3 is 14.6 Å². The van der Waals surface area contributed by atoms with Crippen molar-refractivity contribution in [2.75, 3.05) is 38.1 Å². The summed E-state index contributed by atoms with van der Waals surface area (Å²) in [5.74, 6) is -0.383. The number of para-hydroxylation sites is 1. The number of benzene rings is 2. The normalized spacial score (nSPS) is 17.3. The molecular weight excluding hydrogens is 402 g/mol. The highest BCUT2D eigenvalue weighted by Gasteiger charge is 2.26. The Morgan fingerprint density at radius 1 is 1.06 bits per heavy atom. The number of fused-ring (bicyclic) bond motifs is 2. The molecule has 0 unspecified atom stereocenters. The molecule has 6 heteroatoms. The van der Waals surface area contributed by atoms with Crippen molar-refractivity contribution >= 4 is 22.6 Å². The van der Waals surface area contributed by atoms with Crippen molar-refractivity contribution in [3.63, 3.8) is 0 Å². The molecular formula is C26H29N3O3. The van der Waals surface area contributed by atoms with Crippen LogP contribution in [0.1, 0.15) is 46.8 Å². The molecule has 32 heavy (non-hydrogen) atoms. The standard InChI is InChI=1S/C26H29N3O3/c1-28-12-6-8-18-15-19(10-11-22(18)28)23(29-13-4-5-14-29)17-27-25(30)21-16-20-7-2-3-9-24(20)32-26(21)31/h2-3,7,9-11,15-16,23H,4-6,8,12-14,17H2,1H3,(H,27,30)/t23-/m1/s1. The fourth-order valence-corrected chi connectivity index (χ4v) is 5.03. The van der Waals surface area contributed by atoms with Crippen LogP contribution >= 0.6 is 0 Å². The summed E-state index contributed by atoms with van der Waals surface area (Å²) in [5, 5.41) is 3.76. The van der Waals surface area contributed by atoms with Crippen molar-refractivity contribution in [1.29, 1.82) is 0 Å². The van der Waals surface area contributed by atoms with E-state index < -0.39 is 5.63 Å². The Labute approximate surface area is 187 Å². The number of hydrogen-bond acceptors (Lipinski definition) is 5. The number of anilines is 1. The van der Waals surface area contributed by atoms with E-state index in [0.29, 0.717) is 12.1 Å². The van der Waals surface area contributed by atoms with Gasteiger partial charge in [-0.2, -0.15) is 0 Å². The molecule has 3 aromatic rings. The first-order valence-corrected chi connectivity index (χ1v) is 11.5. The smallest absolute Gasteiger partial charge is 0.349 e. The molecule has 1 saturated heterocycles. The van der Waals surface area contributed by atoms with E-state index >= 15 is 0 Å². The van der Waals surface area contributed by atoms with Crippen LogP contribution in [0.3, 0.4) is 0 Å². The van der Waals surface area contributed by atoms with Crippen LogP contribution < -0.4 is 15.8 Å². The molecule has 0 aliphatic carbocycles. The van der Waals surface area contributed by atoms with Gasteiger partial charge in [0.05, 0.1) is 6.04 Å². The summed E-state index contributed by atoms with van der Waals surface area (Å²) in [7, 11) is 2.14. The predicted octanol–water partition coefficient (Wildman–Crippen LogP) is 3.74. The molecule has 1 fully saturated rings. The SMILES string of the molecule is CN1CCCc2cc([C@@H](CNC(=O)c3cc4ccccc4oc3=O)N3CCCC3)ccc21. The lowest BCUT2D eigenvalue weighted by Crippen LogP contribution is -2.38. The third-order valence-electron chi connectivity index (χ3n) is 6.76. The Hall–Kier alpha value is -3.12. The summed E-state index contributed by atoms with van der Waals surface area (Å²) in [6, 6.07) is 15.7. The molecule has 166 valence electrons. The maximum absolute atomic E-state index is 12.9. The van der Waals surface area contributed by atoms with Crippen LogP contribution in [0.25, 0.3) is 11.0 Å². The van der Waals surface area contributed by atoms with E-state index in [1.54, 1.807) is 12.1 Å². The van der Waals surface area contributed by atoms with Crippen LogP contribution in [0.5, 0.6) is 0 Å². The predicted molar refractivity (Wildman–Crippen MR) is 126 cm³/mol. The molecule has 3 heterocycles. The molecule has 6 nitrogen and oxygen atoms in total. The molecule has 0 saturated carbocycles. The number of rotatable bonds is 5. The van der Waals surface area contributed by atoms with Gasteiger partial charge in [-0.05, 0) is 68.1 Å². The van der Waals surface area contributed by atoms with E-state index in [2.05, 4.69) is 40.4 Å². The van der Waals surface area contributed by atoms with Gasteiger partial charge in [-0.25, -0.2) is 4.79 Å². The fraction of sp³-hybridized carbons (Fsp3) is 0.385. The molecule has 2 aliphatic rings. The van der Waals surface area contributed by atoms with Crippen LogP contribution in [0.15, 0.2) is 57.7 Å². The topological polar surface area (TPSA) is 65.8 Å². The second-order valence-corrected chi connectivity index (χ2v) is 8.87. The number of nitrogens with zero attached hydrogens (tertiary/aromatic N) is 2. The van der Waals surface area contributed by atoms with Crippen molar-refractivity contribution in [2.45, 2.75) is 31.7 Å². The number of hydrogen-bond donors (Lipinski definition) is 1. The van der Waals surface area contributed by atoms with Gasteiger partial charge in [0.25, 0.3) is 5.91 Å².